The molecule has 140 valence electrons. The highest BCUT2D eigenvalue weighted by Crippen LogP contribution is 2.26. The third-order valence-corrected chi connectivity index (χ3v) is 4.83. The number of hydrogen-bond donors (Lipinski definition) is 1. The standard InChI is InChI=1S/C18H26ClN7/c1-3-20-18(21-13-17-23-22-14-24(17)4-2)26-11-9-25(10-12-26)16-8-6-5-7-15(16)19/h5-8,14H,3-4,9-13H2,1-2H3,(H,20,21). The molecule has 1 fully saturated rings. The molecule has 2 aromatic rings. The Bertz CT molecular complexity index is 735. The SMILES string of the molecule is CCNC(=NCc1nncn1CC)N1CCN(c2ccccc2Cl)CC1. The molecule has 1 aromatic heterocycles. The van der Waals surface area contributed by atoms with Gasteiger partial charge in [-0.3, -0.25) is 0 Å². The number of para-hydroxylation sites is 1. The molecule has 0 spiro atoms. The van der Waals surface area contributed by atoms with E-state index in [1.54, 1.807) is 6.33 Å². The third kappa shape index (κ3) is 4.27. The van der Waals surface area contributed by atoms with Crippen molar-refractivity contribution in [2.24, 2.45) is 4.99 Å². The van der Waals surface area contributed by atoms with Gasteiger partial charge in [-0.15, -0.1) is 10.2 Å². The Morgan fingerprint density at radius 2 is 1.96 bits per heavy atom. The maximum Gasteiger partial charge on any atom is 0.194 e. The van der Waals surface area contributed by atoms with Crippen molar-refractivity contribution < 1.29 is 0 Å². The maximum absolute atomic E-state index is 6.34. The molecule has 3 rings (SSSR count). The Balaban J connectivity index is 1.65. The van der Waals surface area contributed by atoms with E-state index in [1.807, 2.05) is 22.8 Å². The summed E-state index contributed by atoms with van der Waals surface area (Å²) in [5.41, 5.74) is 1.10. The molecular weight excluding hydrogens is 350 g/mol. The van der Waals surface area contributed by atoms with E-state index < -0.39 is 0 Å². The fourth-order valence-corrected chi connectivity index (χ4v) is 3.36. The largest absolute Gasteiger partial charge is 0.367 e. The highest BCUT2D eigenvalue weighted by molar-refractivity contribution is 6.33. The molecule has 26 heavy (non-hydrogen) atoms. The van der Waals surface area contributed by atoms with Crippen LogP contribution >= 0.6 is 11.6 Å². The van der Waals surface area contributed by atoms with Crippen molar-refractivity contribution in [1.82, 2.24) is 25.0 Å². The minimum absolute atomic E-state index is 0.529. The number of guanidine groups is 1. The van der Waals surface area contributed by atoms with E-state index in [9.17, 15) is 0 Å². The van der Waals surface area contributed by atoms with Crippen molar-refractivity contribution in [2.45, 2.75) is 26.9 Å². The monoisotopic (exact) mass is 375 g/mol. The van der Waals surface area contributed by atoms with Crippen LogP contribution in [0.2, 0.25) is 5.02 Å². The second-order valence-corrected chi connectivity index (χ2v) is 6.54. The summed E-state index contributed by atoms with van der Waals surface area (Å²) in [4.78, 5) is 9.39. The second kappa shape index (κ2) is 8.89. The molecule has 2 heterocycles. The van der Waals surface area contributed by atoms with Gasteiger partial charge in [0.05, 0.1) is 10.7 Å². The van der Waals surface area contributed by atoms with Gasteiger partial charge in [0.2, 0.25) is 0 Å². The van der Waals surface area contributed by atoms with Gasteiger partial charge in [-0.1, -0.05) is 23.7 Å². The summed E-state index contributed by atoms with van der Waals surface area (Å²) in [6.07, 6.45) is 1.75. The van der Waals surface area contributed by atoms with Crippen molar-refractivity contribution in [2.75, 3.05) is 37.6 Å². The normalized spacial score (nSPS) is 15.4. The second-order valence-electron chi connectivity index (χ2n) is 6.13. The first kappa shape index (κ1) is 18.5. The van der Waals surface area contributed by atoms with Crippen molar-refractivity contribution in [1.29, 1.82) is 0 Å². The Kier molecular flexibility index (Phi) is 6.33. The lowest BCUT2D eigenvalue weighted by atomic mass is 10.2. The molecule has 1 aliphatic rings. The van der Waals surface area contributed by atoms with Crippen LogP contribution in [-0.4, -0.2) is 58.3 Å². The van der Waals surface area contributed by atoms with Gasteiger partial charge in [0.25, 0.3) is 0 Å². The predicted molar refractivity (Wildman–Crippen MR) is 106 cm³/mol. The van der Waals surface area contributed by atoms with Gasteiger partial charge in [0.15, 0.2) is 11.8 Å². The van der Waals surface area contributed by atoms with Gasteiger partial charge in [-0.25, -0.2) is 4.99 Å². The molecule has 8 heteroatoms. The molecule has 1 N–H and O–H groups in total. The number of aryl methyl sites for hydroxylation is 1. The van der Waals surface area contributed by atoms with Gasteiger partial charge in [-0.05, 0) is 26.0 Å². The Morgan fingerprint density at radius 1 is 1.19 bits per heavy atom. The number of benzene rings is 1. The molecular formula is C18H26ClN7. The zero-order valence-corrected chi connectivity index (χ0v) is 16.2. The molecule has 0 amide bonds. The van der Waals surface area contributed by atoms with Crippen LogP contribution in [0.15, 0.2) is 35.6 Å². The number of anilines is 1. The van der Waals surface area contributed by atoms with Gasteiger partial charge >= 0.3 is 0 Å². The number of aliphatic imine (C=N–C) groups is 1. The van der Waals surface area contributed by atoms with E-state index in [0.29, 0.717) is 6.54 Å². The summed E-state index contributed by atoms with van der Waals surface area (Å²) in [6.45, 7) is 10.0. The fourth-order valence-electron chi connectivity index (χ4n) is 3.10. The minimum Gasteiger partial charge on any atom is -0.367 e. The molecule has 7 nitrogen and oxygen atoms in total. The van der Waals surface area contributed by atoms with E-state index >= 15 is 0 Å². The van der Waals surface area contributed by atoms with Crippen LogP contribution < -0.4 is 10.2 Å². The third-order valence-electron chi connectivity index (χ3n) is 4.51. The molecule has 0 unspecified atom stereocenters. The van der Waals surface area contributed by atoms with Gasteiger partial charge in [0.1, 0.15) is 12.9 Å². The molecule has 1 aliphatic heterocycles. The van der Waals surface area contributed by atoms with Crippen LogP contribution in [0.1, 0.15) is 19.7 Å². The number of nitrogens with one attached hydrogen (secondary N) is 1. The zero-order valence-electron chi connectivity index (χ0n) is 15.4. The van der Waals surface area contributed by atoms with Crippen LogP contribution in [0.5, 0.6) is 0 Å². The quantitative estimate of drug-likeness (QED) is 0.641. The topological polar surface area (TPSA) is 61.6 Å². The lowest BCUT2D eigenvalue weighted by molar-refractivity contribution is 0.372. The number of piperazine rings is 1. The number of rotatable bonds is 5. The lowest BCUT2D eigenvalue weighted by Gasteiger charge is -2.38. The van der Waals surface area contributed by atoms with Crippen molar-refractivity contribution in [3.05, 3.63) is 41.4 Å². The van der Waals surface area contributed by atoms with Crippen LogP contribution in [-0.2, 0) is 13.1 Å². The van der Waals surface area contributed by atoms with Crippen molar-refractivity contribution in [3.63, 3.8) is 0 Å². The van der Waals surface area contributed by atoms with Crippen molar-refractivity contribution >= 4 is 23.2 Å². The molecule has 1 aromatic carbocycles. The summed E-state index contributed by atoms with van der Waals surface area (Å²) >= 11 is 6.34. The minimum atomic E-state index is 0.529. The number of hydrogen-bond acceptors (Lipinski definition) is 4. The smallest absolute Gasteiger partial charge is 0.194 e. The maximum atomic E-state index is 6.34. The summed E-state index contributed by atoms with van der Waals surface area (Å²) in [6, 6.07) is 8.02. The van der Waals surface area contributed by atoms with Gasteiger partial charge < -0.3 is 19.7 Å². The fraction of sp³-hybridized carbons (Fsp3) is 0.500. The molecule has 0 atom stereocenters. The first-order valence-corrected chi connectivity index (χ1v) is 9.50. The lowest BCUT2D eigenvalue weighted by Crippen LogP contribution is -2.52. The van der Waals surface area contributed by atoms with Crippen LogP contribution in [0.25, 0.3) is 0 Å². The van der Waals surface area contributed by atoms with E-state index in [-0.39, 0.29) is 0 Å². The first-order chi connectivity index (χ1) is 12.7. The van der Waals surface area contributed by atoms with E-state index in [0.717, 1.165) is 61.8 Å². The average molecular weight is 376 g/mol. The van der Waals surface area contributed by atoms with Crippen LogP contribution in [0.4, 0.5) is 5.69 Å². The van der Waals surface area contributed by atoms with Crippen LogP contribution in [0.3, 0.4) is 0 Å². The summed E-state index contributed by atoms with van der Waals surface area (Å²) in [5.74, 6) is 1.81. The van der Waals surface area contributed by atoms with Crippen LogP contribution in [0, 0.1) is 0 Å². The molecule has 1 saturated heterocycles. The molecule has 0 radical (unpaired) electrons. The zero-order chi connectivity index (χ0) is 18.4. The molecule has 0 saturated carbocycles. The van der Waals surface area contributed by atoms with Crippen molar-refractivity contribution in [3.8, 4) is 0 Å². The summed E-state index contributed by atoms with van der Waals surface area (Å²) < 4.78 is 2.02. The summed E-state index contributed by atoms with van der Waals surface area (Å²) in [7, 11) is 0. The number of halogens is 1. The summed E-state index contributed by atoms with van der Waals surface area (Å²) in [5, 5.41) is 12.3. The van der Waals surface area contributed by atoms with Gasteiger partial charge in [-0.2, -0.15) is 0 Å². The number of nitrogens with zero attached hydrogens (tertiary/aromatic N) is 6. The average Bonchev–Trinajstić information content (AvgIpc) is 3.13. The Labute approximate surface area is 159 Å². The van der Waals surface area contributed by atoms with E-state index in [4.69, 9.17) is 16.6 Å². The predicted octanol–water partition coefficient (Wildman–Crippen LogP) is 2.24. The molecule has 0 bridgehead atoms. The highest BCUT2D eigenvalue weighted by atomic mass is 35.5. The van der Waals surface area contributed by atoms with E-state index in [1.165, 1.54) is 0 Å². The Hall–Kier alpha value is -2.28. The Morgan fingerprint density at radius 3 is 2.65 bits per heavy atom. The number of aromatic nitrogens is 3. The first-order valence-electron chi connectivity index (χ1n) is 9.12. The molecule has 0 aliphatic carbocycles. The highest BCUT2D eigenvalue weighted by Gasteiger charge is 2.21. The van der Waals surface area contributed by atoms with E-state index in [2.05, 4.69) is 45.2 Å². The van der Waals surface area contributed by atoms with Gasteiger partial charge in [0, 0.05) is 39.3 Å².